The van der Waals surface area contributed by atoms with Crippen molar-refractivity contribution in [1.82, 2.24) is 0 Å². The molecule has 3 rings (SSSR count). The lowest BCUT2D eigenvalue weighted by molar-refractivity contribution is -0.120. The first-order chi connectivity index (χ1) is 8.27. The van der Waals surface area contributed by atoms with E-state index in [1.54, 1.807) is 4.90 Å². The number of hydrogen-bond donors (Lipinski definition) is 0. The molecule has 3 heteroatoms. The number of carbonyl (C=O) groups excluding carboxylic acids is 1. The van der Waals surface area contributed by atoms with Crippen molar-refractivity contribution < 1.29 is 4.79 Å². The smallest absolute Gasteiger partial charge is 0.228 e. The zero-order valence-electron chi connectivity index (χ0n) is 9.39. The maximum atomic E-state index is 12.1. The summed E-state index contributed by atoms with van der Waals surface area (Å²) in [5.74, 6) is 0.0506. The molecule has 1 aromatic rings. The summed E-state index contributed by atoms with van der Waals surface area (Å²) >= 11 is 0. The molecular formula is C14H12N2O. The molecule has 2 heterocycles. The SMILES string of the molecule is N#CC12C=Cc3ccccc3N1C(=O)CCC2. The van der Waals surface area contributed by atoms with Crippen LogP contribution in [-0.2, 0) is 4.79 Å². The zero-order valence-corrected chi connectivity index (χ0v) is 9.39. The minimum Gasteiger partial charge on any atom is -0.289 e. The lowest BCUT2D eigenvalue weighted by atomic mass is 9.83. The van der Waals surface area contributed by atoms with E-state index in [2.05, 4.69) is 6.07 Å². The number of carbonyl (C=O) groups is 1. The predicted octanol–water partition coefficient (Wildman–Crippen LogP) is 2.49. The van der Waals surface area contributed by atoms with E-state index in [-0.39, 0.29) is 5.91 Å². The summed E-state index contributed by atoms with van der Waals surface area (Å²) in [4.78, 5) is 13.8. The van der Waals surface area contributed by atoms with Crippen LogP contribution in [0.2, 0.25) is 0 Å². The van der Waals surface area contributed by atoms with Gasteiger partial charge in [0.2, 0.25) is 5.91 Å². The molecule has 17 heavy (non-hydrogen) atoms. The normalized spacial score (nSPS) is 26.1. The van der Waals surface area contributed by atoms with Crippen LogP contribution in [0.4, 0.5) is 5.69 Å². The number of nitriles is 1. The predicted molar refractivity (Wildman–Crippen MR) is 65.2 cm³/mol. The van der Waals surface area contributed by atoms with Gasteiger partial charge in [-0.05, 0) is 30.5 Å². The third-order valence-electron chi connectivity index (χ3n) is 3.51. The molecule has 0 bridgehead atoms. The molecule has 1 aromatic carbocycles. The maximum Gasteiger partial charge on any atom is 0.228 e. The lowest BCUT2D eigenvalue weighted by Gasteiger charge is -2.43. The van der Waals surface area contributed by atoms with Gasteiger partial charge < -0.3 is 0 Å². The standard InChI is InChI=1S/C14H12N2O/c15-10-14-8-3-6-13(17)16(14)12-5-2-1-4-11(12)7-9-14/h1-2,4-5,7,9H,3,6,8H2. The Morgan fingerprint density at radius 2 is 2.18 bits per heavy atom. The van der Waals surface area contributed by atoms with E-state index in [0.717, 1.165) is 24.1 Å². The third-order valence-corrected chi connectivity index (χ3v) is 3.51. The average Bonchev–Trinajstić information content (AvgIpc) is 2.38. The van der Waals surface area contributed by atoms with Crippen molar-refractivity contribution in [3.8, 4) is 6.07 Å². The number of amides is 1. The molecule has 0 N–H and O–H groups in total. The van der Waals surface area contributed by atoms with Gasteiger partial charge in [-0.3, -0.25) is 9.69 Å². The number of para-hydroxylation sites is 1. The summed E-state index contributed by atoms with van der Waals surface area (Å²) in [5, 5.41) is 9.43. The summed E-state index contributed by atoms with van der Waals surface area (Å²) in [7, 11) is 0. The number of nitrogens with zero attached hydrogens (tertiary/aromatic N) is 2. The van der Waals surface area contributed by atoms with Crippen LogP contribution in [0, 0.1) is 11.3 Å². The van der Waals surface area contributed by atoms with E-state index in [9.17, 15) is 10.1 Å². The first-order valence-electron chi connectivity index (χ1n) is 5.79. The highest BCUT2D eigenvalue weighted by Crippen LogP contribution is 2.40. The van der Waals surface area contributed by atoms with Crippen molar-refractivity contribution in [2.24, 2.45) is 0 Å². The van der Waals surface area contributed by atoms with Gasteiger partial charge in [-0.25, -0.2) is 0 Å². The molecule has 0 saturated carbocycles. The molecule has 1 fully saturated rings. The fourth-order valence-electron chi connectivity index (χ4n) is 2.67. The third kappa shape index (κ3) is 1.31. The molecule has 1 unspecified atom stereocenters. The largest absolute Gasteiger partial charge is 0.289 e. The number of benzene rings is 1. The Hall–Kier alpha value is -2.08. The summed E-state index contributed by atoms with van der Waals surface area (Å²) in [6, 6.07) is 10.0. The first kappa shape index (κ1) is 10.1. The van der Waals surface area contributed by atoms with Gasteiger partial charge in [0.05, 0.1) is 11.8 Å². The molecule has 0 aromatic heterocycles. The van der Waals surface area contributed by atoms with Crippen molar-refractivity contribution in [3.63, 3.8) is 0 Å². The minimum absolute atomic E-state index is 0.0506. The number of anilines is 1. The molecule has 1 amide bonds. The Labute approximate surface area is 100.0 Å². The van der Waals surface area contributed by atoms with Gasteiger partial charge in [0, 0.05) is 6.42 Å². The number of fused-ring (bicyclic) bond motifs is 3. The van der Waals surface area contributed by atoms with Gasteiger partial charge in [0.25, 0.3) is 0 Å². The van der Waals surface area contributed by atoms with Gasteiger partial charge in [0.1, 0.15) is 0 Å². The van der Waals surface area contributed by atoms with Gasteiger partial charge in [-0.15, -0.1) is 0 Å². The van der Waals surface area contributed by atoms with E-state index in [1.165, 1.54) is 0 Å². The Balaban J connectivity index is 2.22. The topological polar surface area (TPSA) is 44.1 Å². The van der Waals surface area contributed by atoms with Crippen molar-refractivity contribution in [3.05, 3.63) is 35.9 Å². The molecule has 84 valence electrons. The quantitative estimate of drug-likeness (QED) is 0.679. The summed E-state index contributed by atoms with van der Waals surface area (Å²) in [6.45, 7) is 0. The number of piperidine rings is 1. The van der Waals surface area contributed by atoms with Crippen molar-refractivity contribution >= 4 is 17.7 Å². The van der Waals surface area contributed by atoms with Gasteiger partial charge in [-0.1, -0.05) is 24.3 Å². The van der Waals surface area contributed by atoms with Gasteiger partial charge >= 0.3 is 0 Å². The molecular weight excluding hydrogens is 212 g/mol. The van der Waals surface area contributed by atoms with Crippen LogP contribution in [0.15, 0.2) is 30.3 Å². The minimum atomic E-state index is -0.760. The molecule has 2 aliphatic heterocycles. The second-order valence-electron chi connectivity index (χ2n) is 4.51. The van der Waals surface area contributed by atoms with E-state index in [0.29, 0.717) is 6.42 Å². The Morgan fingerprint density at radius 1 is 1.35 bits per heavy atom. The van der Waals surface area contributed by atoms with E-state index in [4.69, 9.17) is 0 Å². The monoisotopic (exact) mass is 224 g/mol. The molecule has 0 aliphatic carbocycles. The second-order valence-corrected chi connectivity index (χ2v) is 4.51. The highest BCUT2D eigenvalue weighted by molar-refractivity contribution is 6.00. The van der Waals surface area contributed by atoms with E-state index in [1.807, 2.05) is 36.4 Å². The molecule has 1 saturated heterocycles. The van der Waals surface area contributed by atoms with Crippen LogP contribution < -0.4 is 4.90 Å². The van der Waals surface area contributed by atoms with E-state index >= 15 is 0 Å². The highest BCUT2D eigenvalue weighted by Gasteiger charge is 2.44. The maximum absolute atomic E-state index is 12.1. The number of rotatable bonds is 0. The van der Waals surface area contributed by atoms with Crippen molar-refractivity contribution in [2.75, 3.05) is 4.90 Å². The first-order valence-corrected chi connectivity index (χ1v) is 5.79. The van der Waals surface area contributed by atoms with Crippen molar-refractivity contribution in [1.29, 1.82) is 5.26 Å². The van der Waals surface area contributed by atoms with Crippen LogP contribution in [0.25, 0.3) is 6.08 Å². The van der Waals surface area contributed by atoms with E-state index < -0.39 is 5.54 Å². The average molecular weight is 224 g/mol. The summed E-state index contributed by atoms with van der Waals surface area (Å²) < 4.78 is 0. The Kier molecular flexibility index (Phi) is 2.05. The molecule has 3 nitrogen and oxygen atoms in total. The summed E-state index contributed by atoms with van der Waals surface area (Å²) in [6.07, 6.45) is 5.86. The second kappa shape index (κ2) is 3.46. The Bertz CT molecular complexity index is 556. The lowest BCUT2D eigenvalue weighted by Crippen LogP contribution is -2.54. The fourth-order valence-corrected chi connectivity index (χ4v) is 2.67. The van der Waals surface area contributed by atoms with Crippen LogP contribution in [0.1, 0.15) is 24.8 Å². The van der Waals surface area contributed by atoms with Crippen LogP contribution in [0.3, 0.4) is 0 Å². The molecule has 1 atom stereocenters. The number of hydrogen-bond acceptors (Lipinski definition) is 2. The molecule has 0 spiro atoms. The zero-order chi connectivity index (χ0) is 11.9. The van der Waals surface area contributed by atoms with Crippen LogP contribution in [-0.4, -0.2) is 11.4 Å². The van der Waals surface area contributed by atoms with Gasteiger partial charge in [0.15, 0.2) is 5.54 Å². The van der Waals surface area contributed by atoms with Gasteiger partial charge in [-0.2, -0.15) is 5.26 Å². The summed E-state index contributed by atoms with van der Waals surface area (Å²) in [5.41, 5.74) is 1.11. The van der Waals surface area contributed by atoms with Crippen molar-refractivity contribution in [2.45, 2.75) is 24.8 Å². The fraction of sp³-hybridized carbons (Fsp3) is 0.286. The Morgan fingerprint density at radius 3 is 3.00 bits per heavy atom. The van der Waals surface area contributed by atoms with Crippen LogP contribution in [0.5, 0.6) is 0 Å². The molecule has 2 aliphatic rings. The molecule has 0 radical (unpaired) electrons. The van der Waals surface area contributed by atoms with Crippen LogP contribution >= 0.6 is 0 Å². The highest BCUT2D eigenvalue weighted by atomic mass is 16.2.